The van der Waals surface area contributed by atoms with E-state index < -0.39 is 0 Å². The number of carbonyl (C=O) groups is 2. The van der Waals surface area contributed by atoms with Crippen molar-refractivity contribution >= 4 is 11.8 Å². The molecule has 2 amide bonds. The molecule has 0 radical (unpaired) electrons. The first kappa shape index (κ1) is 15.2. The zero-order valence-electron chi connectivity index (χ0n) is 13.2. The maximum Gasteiger partial charge on any atom is 0.233 e. The van der Waals surface area contributed by atoms with Crippen LogP contribution in [0, 0.1) is 5.92 Å². The molecule has 22 heavy (non-hydrogen) atoms. The molecule has 6 heteroatoms. The van der Waals surface area contributed by atoms with Crippen LogP contribution in [-0.4, -0.2) is 57.6 Å². The van der Waals surface area contributed by atoms with Crippen LogP contribution < -0.4 is 0 Å². The zero-order valence-corrected chi connectivity index (χ0v) is 13.2. The molecule has 2 fully saturated rings. The lowest BCUT2D eigenvalue weighted by Gasteiger charge is -2.28. The number of hydrogen-bond donors (Lipinski definition) is 0. The number of rotatable bonds is 5. The average molecular weight is 304 g/mol. The molecule has 0 saturated carbocycles. The van der Waals surface area contributed by atoms with Gasteiger partial charge in [0, 0.05) is 32.8 Å². The summed E-state index contributed by atoms with van der Waals surface area (Å²) < 4.78 is 1.73. The van der Waals surface area contributed by atoms with Crippen LogP contribution in [0.4, 0.5) is 0 Å². The van der Waals surface area contributed by atoms with Crippen molar-refractivity contribution < 1.29 is 9.59 Å². The van der Waals surface area contributed by atoms with Gasteiger partial charge in [0.1, 0.15) is 0 Å². The van der Waals surface area contributed by atoms with Crippen molar-refractivity contribution in [2.45, 2.75) is 32.1 Å². The summed E-state index contributed by atoms with van der Waals surface area (Å²) in [6.07, 6.45) is 8.39. The minimum Gasteiger partial charge on any atom is -0.302 e. The topological polar surface area (TPSA) is 58.4 Å². The summed E-state index contributed by atoms with van der Waals surface area (Å²) in [7, 11) is 1.86. The molecule has 6 nitrogen and oxygen atoms in total. The van der Waals surface area contributed by atoms with E-state index in [1.165, 1.54) is 24.2 Å². The van der Waals surface area contributed by atoms with Crippen LogP contribution in [0.1, 0.15) is 31.2 Å². The Morgan fingerprint density at radius 3 is 2.64 bits per heavy atom. The highest BCUT2D eigenvalue weighted by atomic mass is 16.2. The summed E-state index contributed by atoms with van der Waals surface area (Å²) in [5.74, 6) is -0.236. The molecule has 0 unspecified atom stereocenters. The van der Waals surface area contributed by atoms with Crippen LogP contribution >= 0.6 is 0 Å². The van der Waals surface area contributed by atoms with Gasteiger partial charge in [-0.05, 0) is 37.9 Å². The first-order valence-corrected chi connectivity index (χ1v) is 8.17. The van der Waals surface area contributed by atoms with E-state index in [2.05, 4.69) is 10.00 Å². The van der Waals surface area contributed by atoms with Gasteiger partial charge in [0.05, 0.1) is 12.1 Å². The molecule has 3 heterocycles. The van der Waals surface area contributed by atoms with Gasteiger partial charge in [0.2, 0.25) is 11.8 Å². The predicted molar refractivity (Wildman–Crippen MR) is 82.0 cm³/mol. The van der Waals surface area contributed by atoms with Crippen LogP contribution in [-0.2, 0) is 23.1 Å². The van der Waals surface area contributed by atoms with Gasteiger partial charge in [-0.25, -0.2) is 0 Å². The molecule has 0 aromatic carbocycles. The SMILES string of the molecule is Cn1cc(C[C@H]2CC(=O)N(CCN3CCCCC3)C2=O)cn1. The second-order valence-corrected chi connectivity index (χ2v) is 6.41. The van der Waals surface area contributed by atoms with Gasteiger partial charge in [0.25, 0.3) is 0 Å². The Labute approximate surface area is 131 Å². The molecule has 120 valence electrons. The normalized spacial score (nSPS) is 23.5. The van der Waals surface area contributed by atoms with Crippen LogP contribution in [0.25, 0.3) is 0 Å². The van der Waals surface area contributed by atoms with Crippen molar-refractivity contribution in [3.63, 3.8) is 0 Å². The smallest absolute Gasteiger partial charge is 0.233 e. The van der Waals surface area contributed by atoms with Gasteiger partial charge in [-0.15, -0.1) is 0 Å². The number of carbonyl (C=O) groups excluding carboxylic acids is 2. The van der Waals surface area contributed by atoms with Gasteiger partial charge < -0.3 is 4.90 Å². The maximum absolute atomic E-state index is 12.5. The molecule has 1 aromatic rings. The third-order valence-corrected chi connectivity index (χ3v) is 4.67. The molecule has 2 aliphatic heterocycles. The largest absolute Gasteiger partial charge is 0.302 e. The summed E-state index contributed by atoms with van der Waals surface area (Å²) in [6.45, 7) is 3.54. The maximum atomic E-state index is 12.5. The third kappa shape index (κ3) is 3.38. The fourth-order valence-corrected chi connectivity index (χ4v) is 3.43. The summed E-state index contributed by atoms with van der Waals surface area (Å²) in [5, 5.41) is 4.12. The lowest BCUT2D eigenvalue weighted by molar-refractivity contribution is -0.139. The average Bonchev–Trinajstić information content (AvgIpc) is 3.03. The van der Waals surface area contributed by atoms with Gasteiger partial charge in [-0.2, -0.15) is 5.10 Å². The summed E-state index contributed by atoms with van der Waals surface area (Å²) in [5.41, 5.74) is 1.02. The Morgan fingerprint density at radius 1 is 1.18 bits per heavy atom. The predicted octanol–water partition coefficient (Wildman–Crippen LogP) is 0.824. The standard InChI is InChI=1S/C16H24N4O2/c1-18-12-13(11-17-18)9-14-10-15(21)20(16(14)22)8-7-19-5-3-2-4-6-19/h11-12,14H,2-10H2,1H3/t14-/m0/s1. The number of imide groups is 1. The van der Waals surface area contributed by atoms with E-state index in [4.69, 9.17) is 0 Å². The minimum atomic E-state index is -0.210. The Balaban J connectivity index is 1.54. The lowest BCUT2D eigenvalue weighted by atomic mass is 10.0. The van der Waals surface area contributed by atoms with Crippen molar-refractivity contribution in [3.05, 3.63) is 18.0 Å². The quantitative estimate of drug-likeness (QED) is 0.756. The van der Waals surface area contributed by atoms with Crippen molar-refractivity contribution in [2.75, 3.05) is 26.2 Å². The van der Waals surface area contributed by atoms with E-state index in [-0.39, 0.29) is 17.7 Å². The second-order valence-electron chi connectivity index (χ2n) is 6.41. The highest BCUT2D eigenvalue weighted by molar-refractivity contribution is 6.03. The van der Waals surface area contributed by atoms with Gasteiger partial charge in [0.15, 0.2) is 0 Å². The van der Waals surface area contributed by atoms with Crippen molar-refractivity contribution in [1.29, 1.82) is 0 Å². The van der Waals surface area contributed by atoms with E-state index in [1.54, 1.807) is 10.9 Å². The molecule has 2 saturated heterocycles. The number of amides is 2. The van der Waals surface area contributed by atoms with E-state index in [0.717, 1.165) is 25.2 Å². The molecule has 0 N–H and O–H groups in total. The second kappa shape index (κ2) is 6.60. The van der Waals surface area contributed by atoms with Gasteiger partial charge >= 0.3 is 0 Å². The van der Waals surface area contributed by atoms with Crippen LogP contribution in [0.5, 0.6) is 0 Å². The molecular weight excluding hydrogens is 280 g/mol. The van der Waals surface area contributed by atoms with E-state index >= 15 is 0 Å². The first-order valence-electron chi connectivity index (χ1n) is 8.17. The number of aromatic nitrogens is 2. The van der Waals surface area contributed by atoms with Crippen LogP contribution in [0.15, 0.2) is 12.4 Å². The van der Waals surface area contributed by atoms with Gasteiger partial charge in [-0.1, -0.05) is 6.42 Å². The van der Waals surface area contributed by atoms with Crippen molar-refractivity contribution in [1.82, 2.24) is 19.6 Å². The lowest BCUT2D eigenvalue weighted by Crippen LogP contribution is -2.40. The van der Waals surface area contributed by atoms with E-state index in [1.807, 2.05) is 13.2 Å². The summed E-state index contributed by atoms with van der Waals surface area (Å²) >= 11 is 0. The molecule has 1 aromatic heterocycles. The number of aryl methyl sites for hydroxylation is 1. The highest BCUT2D eigenvalue weighted by Gasteiger charge is 2.38. The monoisotopic (exact) mass is 304 g/mol. The fourth-order valence-electron chi connectivity index (χ4n) is 3.43. The van der Waals surface area contributed by atoms with Crippen LogP contribution in [0.3, 0.4) is 0 Å². The molecule has 2 aliphatic rings. The summed E-state index contributed by atoms with van der Waals surface area (Å²) in [4.78, 5) is 28.4. The van der Waals surface area contributed by atoms with Crippen molar-refractivity contribution in [3.8, 4) is 0 Å². The molecule has 0 spiro atoms. The third-order valence-electron chi connectivity index (χ3n) is 4.67. The Kier molecular flexibility index (Phi) is 4.57. The zero-order chi connectivity index (χ0) is 15.5. The number of piperidine rings is 1. The molecular formula is C16H24N4O2. The highest BCUT2D eigenvalue weighted by Crippen LogP contribution is 2.23. The van der Waals surface area contributed by atoms with Gasteiger partial charge in [-0.3, -0.25) is 19.2 Å². The molecule has 0 bridgehead atoms. The first-order chi connectivity index (χ1) is 10.6. The Hall–Kier alpha value is -1.69. The molecule has 1 atom stereocenters. The summed E-state index contributed by atoms with van der Waals surface area (Å²) in [6, 6.07) is 0. The molecule has 3 rings (SSSR count). The Morgan fingerprint density at radius 2 is 1.95 bits per heavy atom. The van der Waals surface area contributed by atoms with E-state index in [9.17, 15) is 9.59 Å². The van der Waals surface area contributed by atoms with Crippen LogP contribution in [0.2, 0.25) is 0 Å². The molecule has 0 aliphatic carbocycles. The van der Waals surface area contributed by atoms with Crippen molar-refractivity contribution in [2.24, 2.45) is 13.0 Å². The van der Waals surface area contributed by atoms with E-state index in [0.29, 0.717) is 19.4 Å². The number of hydrogen-bond acceptors (Lipinski definition) is 4. The fraction of sp³-hybridized carbons (Fsp3) is 0.688. The number of likely N-dealkylation sites (tertiary alicyclic amines) is 2. The Bertz CT molecular complexity index is 548. The number of nitrogens with zero attached hydrogens (tertiary/aromatic N) is 4. The minimum absolute atomic E-state index is 0.00846.